The van der Waals surface area contributed by atoms with Crippen LogP contribution in [0.15, 0.2) is 43.0 Å². The highest BCUT2D eigenvalue weighted by molar-refractivity contribution is 6.58. The van der Waals surface area contributed by atoms with Crippen molar-refractivity contribution >= 4 is 35.1 Å². The van der Waals surface area contributed by atoms with Gasteiger partial charge in [-0.15, -0.1) is 6.58 Å². The Morgan fingerprint density at radius 2 is 1.83 bits per heavy atom. The van der Waals surface area contributed by atoms with E-state index in [1.807, 2.05) is 30.3 Å². The summed E-state index contributed by atoms with van der Waals surface area (Å²) in [4.78, 5) is 26.0. The summed E-state index contributed by atoms with van der Waals surface area (Å²) >= 11 is 12.5. The van der Waals surface area contributed by atoms with Gasteiger partial charge in [0.25, 0.3) is 5.91 Å². The van der Waals surface area contributed by atoms with Gasteiger partial charge in [-0.2, -0.15) is 0 Å². The number of alkyl halides is 2. The van der Waals surface area contributed by atoms with E-state index in [1.165, 1.54) is 11.8 Å². The Morgan fingerprint density at radius 1 is 1.25 bits per heavy atom. The molecule has 132 valence electrons. The Bertz CT molecular complexity index is 573. The minimum Gasteiger partial charge on any atom is -0.459 e. The zero-order chi connectivity index (χ0) is 18.3. The summed E-state index contributed by atoms with van der Waals surface area (Å²) in [5.74, 6) is -1.32. The molecule has 0 aromatic heterocycles. The maximum absolute atomic E-state index is 12.8. The van der Waals surface area contributed by atoms with E-state index < -0.39 is 22.3 Å². The Labute approximate surface area is 153 Å². The highest BCUT2D eigenvalue weighted by Gasteiger charge is 2.45. The second-order valence-electron chi connectivity index (χ2n) is 5.82. The van der Waals surface area contributed by atoms with E-state index >= 15 is 0 Å². The third-order valence-electron chi connectivity index (χ3n) is 3.41. The van der Waals surface area contributed by atoms with Crippen LogP contribution in [0, 0.1) is 5.92 Å². The van der Waals surface area contributed by atoms with Crippen LogP contribution in [0.25, 0.3) is 0 Å². The van der Waals surface area contributed by atoms with E-state index in [0.29, 0.717) is 6.54 Å². The SMILES string of the molecule is C=CCN(Cc1ccccc1)C(=O)C(Cl)(Cl)C(C)OC(=O)C(C)C. The summed E-state index contributed by atoms with van der Waals surface area (Å²) in [6.07, 6.45) is 0.612. The average Bonchev–Trinajstić information content (AvgIpc) is 2.54. The summed E-state index contributed by atoms with van der Waals surface area (Å²) in [6, 6.07) is 9.45. The average molecular weight is 372 g/mol. The van der Waals surface area contributed by atoms with Gasteiger partial charge < -0.3 is 9.64 Å². The van der Waals surface area contributed by atoms with Gasteiger partial charge >= 0.3 is 5.97 Å². The molecule has 0 heterocycles. The van der Waals surface area contributed by atoms with Crippen LogP contribution in [0.2, 0.25) is 0 Å². The molecule has 0 spiro atoms. The maximum Gasteiger partial charge on any atom is 0.308 e. The fourth-order valence-corrected chi connectivity index (χ4v) is 2.28. The number of hydrogen-bond acceptors (Lipinski definition) is 3. The van der Waals surface area contributed by atoms with Gasteiger partial charge in [-0.3, -0.25) is 9.59 Å². The monoisotopic (exact) mass is 371 g/mol. The molecule has 0 aliphatic rings. The van der Waals surface area contributed by atoms with Crippen molar-refractivity contribution < 1.29 is 14.3 Å². The van der Waals surface area contributed by atoms with Crippen molar-refractivity contribution in [3.63, 3.8) is 0 Å². The molecule has 1 unspecified atom stereocenters. The first-order valence-corrected chi connectivity index (χ1v) is 8.48. The lowest BCUT2D eigenvalue weighted by Crippen LogP contribution is -2.49. The molecule has 0 saturated carbocycles. The molecular weight excluding hydrogens is 349 g/mol. The van der Waals surface area contributed by atoms with Crippen LogP contribution in [0.5, 0.6) is 0 Å². The van der Waals surface area contributed by atoms with Crippen molar-refractivity contribution in [2.75, 3.05) is 6.54 Å². The highest BCUT2D eigenvalue weighted by Crippen LogP contribution is 2.31. The summed E-state index contributed by atoms with van der Waals surface area (Å²) in [5, 5.41) is 0. The molecule has 0 radical (unpaired) electrons. The molecule has 0 N–H and O–H groups in total. The Hall–Kier alpha value is -1.52. The first kappa shape index (κ1) is 20.5. The number of hydrogen-bond donors (Lipinski definition) is 0. The van der Waals surface area contributed by atoms with Crippen molar-refractivity contribution in [1.29, 1.82) is 0 Å². The number of esters is 1. The molecule has 0 bridgehead atoms. The van der Waals surface area contributed by atoms with Gasteiger partial charge in [-0.1, -0.05) is 73.5 Å². The van der Waals surface area contributed by atoms with Gasteiger partial charge in [-0.05, 0) is 12.5 Å². The Kier molecular flexibility index (Phi) is 7.77. The molecule has 1 amide bonds. The van der Waals surface area contributed by atoms with Crippen LogP contribution < -0.4 is 0 Å². The number of nitrogens with zero attached hydrogens (tertiary/aromatic N) is 1. The minimum absolute atomic E-state index is 0.278. The maximum atomic E-state index is 12.8. The molecule has 1 aromatic carbocycles. The number of carbonyl (C=O) groups is 2. The van der Waals surface area contributed by atoms with E-state index in [4.69, 9.17) is 27.9 Å². The number of ether oxygens (including phenoxy) is 1. The lowest BCUT2D eigenvalue weighted by atomic mass is 10.1. The second kappa shape index (κ2) is 9.09. The molecule has 6 heteroatoms. The number of rotatable bonds is 8. The highest BCUT2D eigenvalue weighted by atomic mass is 35.5. The van der Waals surface area contributed by atoms with Gasteiger partial charge in [0.2, 0.25) is 4.33 Å². The summed E-state index contributed by atoms with van der Waals surface area (Å²) in [5.41, 5.74) is 0.934. The van der Waals surface area contributed by atoms with E-state index in [9.17, 15) is 9.59 Å². The predicted molar refractivity (Wildman–Crippen MR) is 96.9 cm³/mol. The van der Waals surface area contributed by atoms with E-state index in [0.717, 1.165) is 5.56 Å². The lowest BCUT2D eigenvalue weighted by molar-refractivity contribution is -0.154. The minimum atomic E-state index is -1.87. The van der Waals surface area contributed by atoms with Crippen molar-refractivity contribution in [2.45, 2.75) is 37.8 Å². The van der Waals surface area contributed by atoms with Crippen LogP contribution in [0.1, 0.15) is 26.3 Å². The molecule has 1 atom stereocenters. The van der Waals surface area contributed by atoms with Crippen molar-refractivity contribution in [3.8, 4) is 0 Å². The topological polar surface area (TPSA) is 46.6 Å². The fraction of sp³-hybridized carbons (Fsp3) is 0.444. The predicted octanol–water partition coefficient (Wildman–Crippen LogP) is 3.96. The lowest BCUT2D eigenvalue weighted by Gasteiger charge is -2.32. The van der Waals surface area contributed by atoms with Crippen molar-refractivity contribution in [2.24, 2.45) is 5.92 Å². The zero-order valence-electron chi connectivity index (χ0n) is 14.2. The van der Waals surface area contributed by atoms with Crippen LogP contribution in [0.3, 0.4) is 0 Å². The van der Waals surface area contributed by atoms with E-state index in [-0.39, 0.29) is 12.5 Å². The van der Waals surface area contributed by atoms with Crippen LogP contribution in [-0.2, 0) is 20.9 Å². The molecule has 1 rings (SSSR count). The molecule has 1 aromatic rings. The quantitative estimate of drug-likeness (QED) is 0.394. The first-order chi connectivity index (χ1) is 11.2. The third kappa shape index (κ3) is 5.53. The number of carbonyl (C=O) groups excluding carboxylic acids is 2. The number of halogens is 2. The van der Waals surface area contributed by atoms with Gasteiger partial charge in [0.15, 0.2) is 0 Å². The Morgan fingerprint density at radius 3 is 2.33 bits per heavy atom. The normalized spacial score (nSPS) is 12.6. The zero-order valence-corrected chi connectivity index (χ0v) is 15.7. The Balaban J connectivity index is 2.90. The van der Waals surface area contributed by atoms with E-state index in [2.05, 4.69) is 6.58 Å². The van der Waals surface area contributed by atoms with Gasteiger partial charge in [0.1, 0.15) is 6.10 Å². The first-order valence-electron chi connectivity index (χ1n) is 7.72. The second-order valence-corrected chi connectivity index (χ2v) is 7.20. The van der Waals surface area contributed by atoms with Gasteiger partial charge in [0, 0.05) is 13.1 Å². The molecule has 0 aliphatic heterocycles. The van der Waals surface area contributed by atoms with Gasteiger partial charge in [0.05, 0.1) is 5.92 Å². The number of amides is 1. The van der Waals surface area contributed by atoms with E-state index in [1.54, 1.807) is 19.9 Å². The largest absolute Gasteiger partial charge is 0.459 e. The summed E-state index contributed by atoms with van der Waals surface area (Å²) in [7, 11) is 0. The van der Waals surface area contributed by atoms with Crippen molar-refractivity contribution in [1.82, 2.24) is 4.90 Å². The molecule has 0 fully saturated rings. The summed E-state index contributed by atoms with van der Waals surface area (Å²) < 4.78 is 3.33. The molecule has 4 nitrogen and oxygen atoms in total. The third-order valence-corrected chi connectivity index (χ3v) is 4.35. The van der Waals surface area contributed by atoms with Gasteiger partial charge in [-0.25, -0.2) is 0 Å². The molecular formula is C18H23Cl2NO3. The van der Waals surface area contributed by atoms with Crippen LogP contribution in [0.4, 0.5) is 0 Å². The standard InChI is InChI=1S/C18H23Cl2NO3/c1-5-11-21(12-15-9-7-6-8-10-15)17(23)18(19,20)14(4)24-16(22)13(2)3/h5-10,13-14H,1,11-12H2,2-4H3. The van der Waals surface area contributed by atoms with Crippen LogP contribution in [-0.4, -0.2) is 33.8 Å². The molecule has 24 heavy (non-hydrogen) atoms. The van der Waals surface area contributed by atoms with Crippen molar-refractivity contribution in [3.05, 3.63) is 48.6 Å². The smallest absolute Gasteiger partial charge is 0.308 e. The van der Waals surface area contributed by atoms with Crippen LogP contribution >= 0.6 is 23.2 Å². The molecule has 0 saturated heterocycles. The summed E-state index contributed by atoms with van der Waals surface area (Å²) in [6.45, 7) is 9.16. The number of benzene rings is 1. The fourth-order valence-electron chi connectivity index (χ4n) is 1.95. The molecule has 0 aliphatic carbocycles.